The largest absolute Gasteiger partial charge is 0.294 e. The number of alkyl halides is 2. The fourth-order valence-corrected chi connectivity index (χ4v) is 1.48. The molecule has 1 N–H and O–H groups in total. The van der Waals surface area contributed by atoms with Crippen molar-refractivity contribution in [3.05, 3.63) is 6.33 Å². The number of nitrogens with one attached hydrogen (secondary N) is 1. The first-order valence-electron chi connectivity index (χ1n) is 4.47. The van der Waals surface area contributed by atoms with Crippen LogP contribution in [0.3, 0.4) is 0 Å². The van der Waals surface area contributed by atoms with Gasteiger partial charge in [0.15, 0.2) is 0 Å². The van der Waals surface area contributed by atoms with Gasteiger partial charge in [-0.1, -0.05) is 6.92 Å². The van der Waals surface area contributed by atoms with E-state index in [1.165, 1.54) is 17.9 Å². The summed E-state index contributed by atoms with van der Waals surface area (Å²) in [7, 11) is 1.57. The molecular weight excluding hydrogens is 206 g/mol. The Balaban J connectivity index is 2.04. The van der Waals surface area contributed by atoms with Gasteiger partial charge in [0.05, 0.1) is 0 Å². The highest BCUT2D eigenvalue weighted by Crippen LogP contribution is 2.55. The van der Waals surface area contributed by atoms with E-state index in [2.05, 4.69) is 15.4 Å². The number of carbonyl (C=O) groups is 1. The summed E-state index contributed by atoms with van der Waals surface area (Å²) in [6, 6.07) is 0. The van der Waals surface area contributed by atoms with Crippen molar-refractivity contribution >= 4 is 11.9 Å². The Labute approximate surface area is 84.5 Å². The minimum atomic E-state index is -2.89. The summed E-state index contributed by atoms with van der Waals surface area (Å²) in [6.45, 7) is 1.35. The summed E-state index contributed by atoms with van der Waals surface area (Å²) < 4.78 is 27.0. The van der Waals surface area contributed by atoms with Crippen LogP contribution in [-0.4, -0.2) is 26.6 Å². The summed E-state index contributed by atoms with van der Waals surface area (Å²) in [6.07, 6.45) is 1.24. The minimum absolute atomic E-state index is 0.176. The molecule has 1 fully saturated rings. The molecule has 2 rings (SSSR count). The van der Waals surface area contributed by atoms with Gasteiger partial charge < -0.3 is 0 Å². The van der Waals surface area contributed by atoms with Gasteiger partial charge in [-0.25, -0.2) is 13.5 Å². The Bertz CT molecular complexity index is 403. The number of nitrogens with zero attached hydrogens (tertiary/aromatic N) is 3. The lowest BCUT2D eigenvalue weighted by Gasteiger charge is -2.02. The predicted octanol–water partition coefficient (Wildman–Crippen LogP) is 0.655. The van der Waals surface area contributed by atoms with E-state index in [1.54, 1.807) is 7.05 Å². The normalized spacial score (nSPS) is 27.5. The number of halogens is 2. The molecule has 5 nitrogen and oxygen atoms in total. The molecule has 2 atom stereocenters. The monoisotopic (exact) mass is 216 g/mol. The molecule has 2 unspecified atom stereocenters. The van der Waals surface area contributed by atoms with Crippen molar-refractivity contribution in [3.63, 3.8) is 0 Å². The maximum atomic E-state index is 12.9. The number of amides is 1. The Morgan fingerprint density at radius 3 is 2.67 bits per heavy atom. The first kappa shape index (κ1) is 10.0. The Morgan fingerprint density at radius 1 is 1.67 bits per heavy atom. The number of anilines is 1. The van der Waals surface area contributed by atoms with Gasteiger partial charge in [-0.2, -0.15) is 10.1 Å². The van der Waals surface area contributed by atoms with Crippen LogP contribution in [0.25, 0.3) is 0 Å². The van der Waals surface area contributed by atoms with Gasteiger partial charge in [-0.15, -0.1) is 0 Å². The fraction of sp³-hybridized carbons (Fsp3) is 0.625. The maximum Gasteiger partial charge on any atom is 0.263 e. The Morgan fingerprint density at radius 2 is 2.27 bits per heavy atom. The van der Waals surface area contributed by atoms with Gasteiger partial charge in [0.2, 0.25) is 11.9 Å². The highest BCUT2D eigenvalue weighted by molar-refractivity contribution is 5.94. The SMILES string of the molecule is CC1C(C(=O)Nc2ncnn2C)C1(F)F. The molecule has 0 aromatic carbocycles. The van der Waals surface area contributed by atoms with E-state index in [0.717, 1.165) is 0 Å². The standard InChI is InChI=1S/C8H10F2N4O/c1-4-5(8(4,9)10)6(15)13-7-11-3-12-14(7)2/h3-5H,1-2H3,(H,11,12,13,15). The van der Waals surface area contributed by atoms with Crippen molar-refractivity contribution in [2.45, 2.75) is 12.8 Å². The molecule has 1 heterocycles. The number of rotatable bonds is 2. The van der Waals surface area contributed by atoms with E-state index in [-0.39, 0.29) is 5.95 Å². The molecule has 1 aliphatic carbocycles. The fourth-order valence-electron chi connectivity index (χ4n) is 1.48. The van der Waals surface area contributed by atoms with Crippen molar-refractivity contribution in [3.8, 4) is 0 Å². The molecule has 0 radical (unpaired) electrons. The van der Waals surface area contributed by atoms with Crippen molar-refractivity contribution in [1.82, 2.24) is 14.8 Å². The smallest absolute Gasteiger partial charge is 0.263 e. The molecule has 1 amide bonds. The third kappa shape index (κ3) is 1.47. The van der Waals surface area contributed by atoms with Crippen LogP contribution in [0.15, 0.2) is 6.33 Å². The summed E-state index contributed by atoms with van der Waals surface area (Å²) in [4.78, 5) is 15.1. The van der Waals surface area contributed by atoms with Crippen LogP contribution in [0.5, 0.6) is 0 Å². The van der Waals surface area contributed by atoms with Crippen LogP contribution in [0, 0.1) is 11.8 Å². The molecule has 82 valence electrons. The molecule has 1 aromatic heterocycles. The quantitative estimate of drug-likeness (QED) is 0.789. The molecular formula is C8H10F2N4O. The van der Waals surface area contributed by atoms with Gasteiger partial charge in [-0.05, 0) is 0 Å². The number of carbonyl (C=O) groups excluding carboxylic acids is 1. The summed E-state index contributed by atoms with van der Waals surface area (Å²) >= 11 is 0. The molecule has 0 saturated heterocycles. The molecule has 1 saturated carbocycles. The third-order valence-electron chi connectivity index (χ3n) is 2.64. The number of aromatic nitrogens is 3. The topological polar surface area (TPSA) is 59.8 Å². The van der Waals surface area contributed by atoms with Gasteiger partial charge in [0.25, 0.3) is 5.92 Å². The Kier molecular flexibility index (Phi) is 1.99. The number of aryl methyl sites for hydroxylation is 1. The maximum absolute atomic E-state index is 12.9. The average molecular weight is 216 g/mol. The van der Waals surface area contributed by atoms with E-state index >= 15 is 0 Å². The van der Waals surface area contributed by atoms with Gasteiger partial charge >= 0.3 is 0 Å². The molecule has 1 aromatic rings. The summed E-state index contributed by atoms with van der Waals surface area (Å²) in [5.74, 6) is -5.55. The van der Waals surface area contributed by atoms with E-state index in [4.69, 9.17) is 0 Å². The van der Waals surface area contributed by atoms with Crippen LogP contribution in [-0.2, 0) is 11.8 Å². The van der Waals surface area contributed by atoms with Crippen molar-refractivity contribution in [2.24, 2.45) is 18.9 Å². The lowest BCUT2D eigenvalue weighted by Crippen LogP contribution is -2.20. The zero-order chi connectivity index (χ0) is 11.2. The summed E-state index contributed by atoms with van der Waals surface area (Å²) in [5.41, 5.74) is 0. The number of hydrogen-bond acceptors (Lipinski definition) is 3. The molecule has 15 heavy (non-hydrogen) atoms. The highest BCUT2D eigenvalue weighted by atomic mass is 19.3. The molecule has 1 aliphatic rings. The van der Waals surface area contributed by atoms with E-state index in [0.29, 0.717) is 0 Å². The van der Waals surface area contributed by atoms with Crippen LogP contribution in [0.1, 0.15) is 6.92 Å². The van der Waals surface area contributed by atoms with Crippen molar-refractivity contribution in [1.29, 1.82) is 0 Å². The highest BCUT2D eigenvalue weighted by Gasteiger charge is 2.69. The van der Waals surface area contributed by atoms with Crippen LogP contribution < -0.4 is 5.32 Å². The van der Waals surface area contributed by atoms with Gasteiger partial charge in [-0.3, -0.25) is 10.1 Å². The first-order valence-corrected chi connectivity index (χ1v) is 4.47. The second kappa shape index (κ2) is 2.98. The first-order chi connectivity index (χ1) is 6.94. The summed E-state index contributed by atoms with van der Waals surface area (Å²) in [5, 5.41) is 6.02. The average Bonchev–Trinajstić information content (AvgIpc) is 2.47. The second-order valence-corrected chi connectivity index (χ2v) is 3.64. The van der Waals surface area contributed by atoms with Gasteiger partial charge in [0, 0.05) is 13.0 Å². The van der Waals surface area contributed by atoms with E-state index in [9.17, 15) is 13.6 Å². The third-order valence-corrected chi connectivity index (χ3v) is 2.64. The molecule has 0 bridgehead atoms. The zero-order valence-corrected chi connectivity index (χ0v) is 8.24. The molecule has 7 heteroatoms. The second-order valence-electron chi connectivity index (χ2n) is 3.64. The number of hydrogen-bond donors (Lipinski definition) is 1. The molecule has 0 aliphatic heterocycles. The van der Waals surface area contributed by atoms with E-state index in [1.807, 2.05) is 0 Å². The van der Waals surface area contributed by atoms with Crippen LogP contribution >= 0.6 is 0 Å². The van der Waals surface area contributed by atoms with E-state index < -0.39 is 23.7 Å². The van der Waals surface area contributed by atoms with Crippen molar-refractivity contribution < 1.29 is 13.6 Å². The predicted molar refractivity (Wildman–Crippen MR) is 47.2 cm³/mol. The van der Waals surface area contributed by atoms with Gasteiger partial charge in [0.1, 0.15) is 12.2 Å². The minimum Gasteiger partial charge on any atom is -0.294 e. The van der Waals surface area contributed by atoms with Crippen LogP contribution in [0.4, 0.5) is 14.7 Å². The zero-order valence-electron chi connectivity index (χ0n) is 8.24. The lowest BCUT2D eigenvalue weighted by molar-refractivity contribution is -0.119. The van der Waals surface area contributed by atoms with Crippen LogP contribution in [0.2, 0.25) is 0 Å². The van der Waals surface area contributed by atoms with Crippen molar-refractivity contribution in [2.75, 3.05) is 5.32 Å². The molecule has 0 spiro atoms. The lowest BCUT2D eigenvalue weighted by atomic mass is 10.3. The Hall–Kier alpha value is -1.53.